The van der Waals surface area contributed by atoms with E-state index in [1.54, 1.807) is 20.4 Å². The molecule has 0 saturated heterocycles. The molecule has 0 fully saturated rings. The van der Waals surface area contributed by atoms with Gasteiger partial charge in [0, 0.05) is 18.9 Å². The van der Waals surface area contributed by atoms with Crippen LogP contribution in [0.5, 0.6) is 11.5 Å². The van der Waals surface area contributed by atoms with Crippen LogP contribution in [-0.4, -0.2) is 35.2 Å². The van der Waals surface area contributed by atoms with Gasteiger partial charge in [-0.15, -0.1) is 0 Å². The number of benzene rings is 1. The van der Waals surface area contributed by atoms with Crippen LogP contribution in [0.3, 0.4) is 0 Å². The Balaban J connectivity index is 1.93. The second kappa shape index (κ2) is 7.13. The van der Waals surface area contributed by atoms with Crippen LogP contribution in [-0.2, 0) is 19.9 Å². The molecule has 21 heavy (non-hydrogen) atoms. The lowest BCUT2D eigenvalue weighted by Crippen LogP contribution is -2.13. The number of aromatic nitrogens is 2. The van der Waals surface area contributed by atoms with Gasteiger partial charge in [-0.05, 0) is 43.0 Å². The van der Waals surface area contributed by atoms with Gasteiger partial charge >= 0.3 is 0 Å². The molecule has 0 spiro atoms. The molecule has 1 heterocycles. The van der Waals surface area contributed by atoms with E-state index in [4.69, 9.17) is 9.47 Å². The van der Waals surface area contributed by atoms with E-state index in [9.17, 15) is 5.11 Å². The van der Waals surface area contributed by atoms with Crippen molar-refractivity contribution in [1.82, 2.24) is 9.78 Å². The highest BCUT2D eigenvalue weighted by Crippen LogP contribution is 2.28. The number of methoxy groups -OCH3 is 2. The highest BCUT2D eigenvalue weighted by atomic mass is 16.5. The van der Waals surface area contributed by atoms with E-state index >= 15 is 0 Å². The van der Waals surface area contributed by atoms with Crippen LogP contribution < -0.4 is 9.47 Å². The van der Waals surface area contributed by atoms with E-state index in [1.165, 1.54) is 0 Å². The fourth-order valence-electron chi connectivity index (χ4n) is 2.34. The van der Waals surface area contributed by atoms with Crippen molar-refractivity contribution in [2.45, 2.75) is 25.4 Å². The first-order valence-corrected chi connectivity index (χ1v) is 7.00. The van der Waals surface area contributed by atoms with E-state index < -0.39 is 6.10 Å². The van der Waals surface area contributed by atoms with Crippen molar-refractivity contribution in [3.05, 3.63) is 41.7 Å². The Hall–Kier alpha value is -2.01. The number of aryl methyl sites for hydroxylation is 2. The van der Waals surface area contributed by atoms with Gasteiger partial charge in [0.2, 0.25) is 0 Å². The molecular formula is C16H22N2O3. The summed E-state index contributed by atoms with van der Waals surface area (Å²) in [5.41, 5.74) is 2.16. The molecule has 0 aliphatic heterocycles. The minimum absolute atomic E-state index is 0.391. The van der Waals surface area contributed by atoms with Crippen molar-refractivity contribution >= 4 is 0 Å². The average molecular weight is 290 g/mol. The second-order valence-electron chi connectivity index (χ2n) is 5.03. The summed E-state index contributed by atoms with van der Waals surface area (Å²) in [5, 5.41) is 14.3. The van der Waals surface area contributed by atoms with E-state index in [0.29, 0.717) is 24.3 Å². The normalized spacial score (nSPS) is 12.2. The Morgan fingerprint density at radius 3 is 2.57 bits per heavy atom. The van der Waals surface area contributed by atoms with Crippen LogP contribution >= 0.6 is 0 Å². The molecular weight excluding hydrogens is 268 g/mol. The smallest absolute Gasteiger partial charge is 0.160 e. The van der Waals surface area contributed by atoms with Gasteiger partial charge in [-0.1, -0.05) is 6.07 Å². The first-order valence-electron chi connectivity index (χ1n) is 7.00. The molecule has 1 aromatic heterocycles. The van der Waals surface area contributed by atoms with E-state index in [1.807, 2.05) is 36.0 Å². The number of hydrogen-bond acceptors (Lipinski definition) is 4. The van der Waals surface area contributed by atoms with Crippen LogP contribution in [0.2, 0.25) is 0 Å². The lowest BCUT2D eigenvalue weighted by molar-refractivity contribution is 0.164. The van der Waals surface area contributed by atoms with Crippen LogP contribution in [0, 0.1) is 0 Å². The Labute approximate surface area is 125 Å². The maximum absolute atomic E-state index is 10.2. The molecule has 5 heteroatoms. The molecule has 2 rings (SSSR count). The van der Waals surface area contributed by atoms with E-state index in [2.05, 4.69) is 5.10 Å². The number of aliphatic hydroxyl groups is 1. The molecule has 0 aliphatic carbocycles. The maximum atomic E-state index is 10.2. The molecule has 1 unspecified atom stereocenters. The minimum Gasteiger partial charge on any atom is -0.493 e. The van der Waals surface area contributed by atoms with Crippen molar-refractivity contribution in [2.24, 2.45) is 7.05 Å². The van der Waals surface area contributed by atoms with Crippen LogP contribution in [0.25, 0.3) is 0 Å². The molecule has 0 bridgehead atoms. The first-order chi connectivity index (χ1) is 10.1. The fraction of sp³-hybridized carbons (Fsp3) is 0.438. The van der Waals surface area contributed by atoms with Gasteiger partial charge in [-0.3, -0.25) is 4.68 Å². The van der Waals surface area contributed by atoms with Crippen LogP contribution in [0.1, 0.15) is 17.7 Å². The minimum atomic E-state index is -0.391. The van der Waals surface area contributed by atoms with Gasteiger partial charge in [0.15, 0.2) is 11.5 Å². The van der Waals surface area contributed by atoms with Crippen molar-refractivity contribution in [3.63, 3.8) is 0 Å². The molecule has 2 aromatic rings. The van der Waals surface area contributed by atoms with Gasteiger partial charge in [-0.2, -0.15) is 5.10 Å². The zero-order valence-corrected chi connectivity index (χ0v) is 12.7. The molecule has 1 N–H and O–H groups in total. The summed E-state index contributed by atoms with van der Waals surface area (Å²) in [6.45, 7) is 0. The fourth-order valence-corrected chi connectivity index (χ4v) is 2.34. The molecule has 114 valence electrons. The third-order valence-corrected chi connectivity index (χ3v) is 3.58. The molecule has 0 amide bonds. The van der Waals surface area contributed by atoms with Crippen LogP contribution in [0.4, 0.5) is 0 Å². The Bertz CT molecular complexity index is 581. The van der Waals surface area contributed by atoms with Gasteiger partial charge in [-0.25, -0.2) is 0 Å². The van der Waals surface area contributed by atoms with Crippen LogP contribution in [0.15, 0.2) is 30.5 Å². The van der Waals surface area contributed by atoms with Gasteiger partial charge in [0.1, 0.15) is 0 Å². The van der Waals surface area contributed by atoms with Crippen molar-refractivity contribution in [3.8, 4) is 11.5 Å². The Kier molecular flexibility index (Phi) is 5.22. The third-order valence-electron chi connectivity index (χ3n) is 3.58. The Morgan fingerprint density at radius 1 is 1.19 bits per heavy atom. The second-order valence-corrected chi connectivity index (χ2v) is 5.03. The van der Waals surface area contributed by atoms with Gasteiger partial charge in [0.25, 0.3) is 0 Å². The molecule has 0 radical (unpaired) electrons. The number of aliphatic hydroxyl groups excluding tert-OH is 1. The SMILES string of the molecule is COc1ccc(CC(O)CCc2ccnn2C)cc1OC. The molecule has 1 atom stereocenters. The van der Waals surface area contributed by atoms with Crippen molar-refractivity contribution in [2.75, 3.05) is 14.2 Å². The number of nitrogens with zero attached hydrogens (tertiary/aromatic N) is 2. The third kappa shape index (κ3) is 3.98. The lowest BCUT2D eigenvalue weighted by atomic mass is 10.0. The standard InChI is InChI=1S/C16H22N2O3/c1-18-13(8-9-17-18)5-6-14(19)10-12-4-7-15(20-2)16(11-12)21-3/h4,7-9,11,14,19H,5-6,10H2,1-3H3. The summed E-state index contributed by atoms with van der Waals surface area (Å²) in [4.78, 5) is 0. The highest BCUT2D eigenvalue weighted by Gasteiger charge is 2.10. The zero-order valence-electron chi connectivity index (χ0n) is 12.7. The van der Waals surface area contributed by atoms with Crippen molar-refractivity contribution in [1.29, 1.82) is 0 Å². The largest absolute Gasteiger partial charge is 0.493 e. The van der Waals surface area contributed by atoms with E-state index in [-0.39, 0.29) is 0 Å². The summed E-state index contributed by atoms with van der Waals surface area (Å²) in [7, 11) is 5.14. The molecule has 0 aliphatic rings. The predicted molar refractivity (Wildman–Crippen MR) is 80.8 cm³/mol. The summed E-state index contributed by atoms with van der Waals surface area (Å²) in [6.07, 6.45) is 3.49. The molecule has 5 nitrogen and oxygen atoms in total. The van der Waals surface area contributed by atoms with E-state index in [0.717, 1.165) is 17.7 Å². The summed E-state index contributed by atoms with van der Waals surface area (Å²) in [5.74, 6) is 1.39. The van der Waals surface area contributed by atoms with Gasteiger partial charge < -0.3 is 14.6 Å². The zero-order chi connectivity index (χ0) is 15.2. The highest BCUT2D eigenvalue weighted by molar-refractivity contribution is 5.43. The first kappa shape index (κ1) is 15.4. The summed E-state index contributed by atoms with van der Waals surface area (Å²) < 4.78 is 12.3. The molecule has 1 aromatic carbocycles. The maximum Gasteiger partial charge on any atom is 0.160 e. The Morgan fingerprint density at radius 2 is 1.95 bits per heavy atom. The topological polar surface area (TPSA) is 56.5 Å². The van der Waals surface area contributed by atoms with Crippen molar-refractivity contribution < 1.29 is 14.6 Å². The molecule has 0 saturated carbocycles. The van der Waals surface area contributed by atoms with Gasteiger partial charge in [0.05, 0.1) is 20.3 Å². The quantitative estimate of drug-likeness (QED) is 0.847. The lowest BCUT2D eigenvalue weighted by Gasteiger charge is -2.13. The summed E-state index contributed by atoms with van der Waals surface area (Å²) in [6, 6.07) is 7.70. The average Bonchev–Trinajstić information content (AvgIpc) is 2.90. The number of rotatable bonds is 7. The monoisotopic (exact) mass is 290 g/mol. The number of ether oxygens (including phenoxy) is 2. The predicted octanol–water partition coefficient (Wildman–Crippen LogP) is 1.97. The number of hydrogen-bond donors (Lipinski definition) is 1. The summed E-state index contributed by atoms with van der Waals surface area (Å²) >= 11 is 0.